The Labute approximate surface area is 128 Å². The Bertz CT molecular complexity index is 190. The summed E-state index contributed by atoms with van der Waals surface area (Å²) < 4.78 is 0. The molecule has 2 heterocycles. The molecule has 0 radical (unpaired) electrons. The summed E-state index contributed by atoms with van der Waals surface area (Å²) in [6.07, 6.45) is 7.33. The second-order valence-electron chi connectivity index (χ2n) is 5.86. The maximum Gasteiger partial charge on any atom is -0.00162 e. The fraction of sp³-hybridized carbons (Fsp3) is 1.00. The van der Waals surface area contributed by atoms with E-state index in [4.69, 9.17) is 0 Å². The van der Waals surface area contributed by atoms with E-state index in [1.165, 1.54) is 64.8 Å². The highest BCUT2D eigenvalue weighted by Gasteiger charge is 2.23. The lowest BCUT2D eigenvalue weighted by Gasteiger charge is -2.35. The first kappa shape index (κ1) is 19.9. The van der Waals surface area contributed by atoms with E-state index in [0.717, 1.165) is 11.8 Å². The average molecular weight is 285 g/mol. The van der Waals surface area contributed by atoms with E-state index >= 15 is 0 Å². The highest BCUT2D eigenvalue weighted by Crippen LogP contribution is 2.29. The maximum absolute atomic E-state index is 2.60. The summed E-state index contributed by atoms with van der Waals surface area (Å²) in [7, 11) is 2.26. The van der Waals surface area contributed by atoms with Gasteiger partial charge in [-0.3, -0.25) is 0 Å². The molecule has 2 nitrogen and oxygen atoms in total. The van der Waals surface area contributed by atoms with Gasteiger partial charge in [0.25, 0.3) is 0 Å². The van der Waals surface area contributed by atoms with E-state index in [-0.39, 0.29) is 0 Å². The fourth-order valence-electron chi connectivity index (χ4n) is 3.31. The summed E-state index contributed by atoms with van der Waals surface area (Å²) in [6, 6.07) is 0. The molecule has 0 spiro atoms. The van der Waals surface area contributed by atoms with Crippen molar-refractivity contribution in [2.75, 3.05) is 39.8 Å². The molecule has 0 aromatic rings. The number of nitrogens with zero attached hydrogens (tertiary/aromatic N) is 2. The van der Waals surface area contributed by atoms with E-state index < -0.39 is 0 Å². The highest BCUT2D eigenvalue weighted by molar-refractivity contribution is 4.77. The van der Waals surface area contributed by atoms with Crippen LogP contribution in [0.1, 0.15) is 66.7 Å². The largest absolute Gasteiger partial charge is 0.306 e. The molecule has 0 unspecified atom stereocenters. The molecule has 0 aromatic carbocycles. The van der Waals surface area contributed by atoms with Gasteiger partial charge < -0.3 is 9.80 Å². The van der Waals surface area contributed by atoms with Crippen LogP contribution in [-0.4, -0.2) is 49.6 Å². The summed E-state index contributed by atoms with van der Waals surface area (Å²) in [6.45, 7) is 16.9. The summed E-state index contributed by atoms with van der Waals surface area (Å²) in [4.78, 5) is 5.08. The Morgan fingerprint density at radius 3 is 1.55 bits per heavy atom. The normalized spacial score (nSPS) is 22.5. The van der Waals surface area contributed by atoms with Gasteiger partial charge in [0.2, 0.25) is 0 Å². The molecule has 2 saturated heterocycles. The van der Waals surface area contributed by atoms with Crippen LogP contribution in [0, 0.1) is 11.8 Å². The van der Waals surface area contributed by atoms with Crippen LogP contribution < -0.4 is 0 Å². The molecule has 2 heteroatoms. The number of hydrogen-bond donors (Lipinski definition) is 0. The van der Waals surface area contributed by atoms with Crippen LogP contribution in [0.4, 0.5) is 0 Å². The van der Waals surface area contributed by atoms with Gasteiger partial charge in [0.15, 0.2) is 0 Å². The third-order valence-corrected chi connectivity index (χ3v) is 4.66. The lowest BCUT2D eigenvalue weighted by Crippen LogP contribution is -2.35. The number of hydrogen-bond acceptors (Lipinski definition) is 2. The molecule has 0 bridgehead atoms. The van der Waals surface area contributed by atoms with Gasteiger partial charge in [0, 0.05) is 0 Å². The van der Waals surface area contributed by atoms with Crippen LogP contribution in [0.25, 0.3) is 0 Å². The van der Waals surface area contributed by atoms with Gasteiger partial charge in [0.05, 0.1) is 0 Å². The molecule has 0 N–H and O–H groups in total. The smallest absolute Gasteiger partial charge is 0.00162 e. The zero-order valence-corrected chi connectivity index (χ0v) is 15.1. The van der Waals surface area contributed by atoms with Crippen molar-refractivity contribution in [2.45, 2.75) is 66.7 Å². The van der Waals surface area contributed by atoms with Crippen molar-refractivity contribution in [2.24, 2.45) is 11.8 Å². The predicted octanol–water partition coefficient (Wildman–Crippen LogP) is 4.50. The lowest BCUT2D eigenvalue weighted by molar-refractivity contribution is 0.146. The molecule has 122 valence electrons. The van der Waals surface area contributed by atoms with Crippen molar-refractivity contribution in [3.8, 4) is 0 Å². The second-order valence-corrected chi connectivity index (χ2v) is 5.86. The van der Waals surface area contributed by atoms with Crippen LogP contribution in [0.5, 0.6) is 0 Å². The first-order valence-corrected chi connectivity index (χ1v) is 9.18. The zero-order valence-electron chi connectivity index (χ0n) is 15.1. The van der Waals surface area contributed by atoms with Crippen molar-refractivity contribution in [3.63, 3.8) is 0 Å². The Balaban J connectivity index is 0.000000829. The van der Waals surface area contributed by atoms with Crippen molar-refractivity contribution in [1.82, 2.24) is 9.80 Å². The maximum atomic E-state index is 2.60. The van der Waals surface area contributed by atoms with Gasteiger partial charge in [0.1, 0.15) is 0 Å². The van der Waals surface area contributed by atoms with E-state index in [2.05, 4.69) is 23.8 Å². The molecule has 2 aliphatic heterocycles. The minimum atomic E-state index is 1.04. The van der Waals surface area contributed by atoms with Crippen LogP contribution in [0.3, 0.4) is 0 Å². The Hall–Kier alpha value is -0.0800. The predicted molar refractivity (Wildman–Crippen MR) is 92.4 cm³/mol. The minimum Gasteiger partial charge on any atom is -0.306 e. The van der Waals surface area contributed by atoms with E-state index in [0.29, 0.717) is 0 Å². The summed E-state index contributed by atoms with van der Waals surface area (Å²) in [5, 5.41) is 0. The average Bonchev–Trinajstić information content (AvgIpc) is 2.54. The molecule has 2 fully saturated rings. The Morgan fingerprint density at radius 1 is 0.750 bits per heavy atom. The van der Waals surface area contributed by atoms with Crippen molar-refractivity contribution in [3.05, 3.63) is 0 Å². The van der Waals surface area contributed by atoms with Crippen LogP contribution >= 0.6 is 0 Å². The summed E-state index contributed by atoms with van der Waals surface area (Å²) in [5.74, 6) is 2.07. The summed E-state index contributed by atoms with van der Waals surface area (Å²) in [5.41, 5.74) is 0. The monoisotopic (exact) mass is 284 g/mol. The third kappa shape index (κ3) is 7.64. The zero-order chi connectivity index (χ0) is 15.4. The Morgan fingerprint density at radius 2 is 1.15 bits per heavy atom. The molecular formula is C18H40N2. The quantitative estimate of drug-likeness (QED) is 0.753. The van der Waals surface area contributed by atoms with Gasteiger partial charge >= 0.3 is 0 Å². The van der Waals surface area contributed by atoms with Crippen molar-refractivity contribution < 1.29 is 0 Å². The van der Waals surface area contributed by atoms with Gasteiger partial charge in [-0.25, -0.2) is 0 Å². The number of piperidine rings is 2. The molecule has 0 saturated carbocycles. The molecule has 0 amide bonds. The van der Waals surface area contributed by atoms with Crippen molar-refractivity contribution in [1.29, 1.82) is 0 Å². The van der Waals surface area contributed by atoms with E-state index in [9.17, 15) is 0 Å². The lowest BCUT2D eigenvalue weighted by atomic mass is 9.83. The fourth-order valence-corrected chi connectivity index (χ4v) is 3.31. The third-order valence-electron chi connectivity index (χ3n) is 4.66. The molecular weight excluding hydrogens is 244 g/mol. The highest BCUT2D eigenvalue weighted by atomic mass is 15.1. The van der Waals surface area contributed by atoms with Gasteiger partial charge in [-0.05, 0) is 83.7 Å². The minimum absolute atomic E-state index is 1.04. The summed E-state index contributed by atoms with van der Waals surface area (Å²) >= 11 is 0. The number of likely N-dealkylation sites (tertiary alicyclic amines) is 2. The van der Waals surface area contributed by atoms with Crippen LogP contribution in [-0.2, 0) is 0 Å². The molecule has 0 aliphatic carbocycles. The first-order valence-electron chi connectivity index (χ1n) is 9.18. The molecule has 2 aliphatic rings. The Kier molecular flexibility index (Phi) is 12.6. The SMILES string of the molecule is CC.CC.CCN1CCC(CC2CCN(C)CC2)CC1. The first-order chi connectivity index (χ1) is 9.78. The van der Waals surface area contributed by atoms with E-state index in [1.54, 1.807) is 0 Å². The molecule has 2 rings (SSSR count). The van der Waals surface area contributed by atoms with E-state index in [1.807, 2.05) is 27.7 Å². The molecule has 0 atom stereocenters. The van der Waals surface area contributed by atoms with Crippen molar-refractivity contribution >= 4 is 0 Å². The standard InChI is InChI=1S/C14H28N2.2C2H6/c1-3-16-10-6-14(7-11-16)12-13-4-8-15(2)9-5-13;2*1-2/h13-14H,3-12H2,1-2H3;2*1-2H3. The van der Waals surface area contributed by atoms with Gasteiger partial charge in [-0.2, -0.15) is 0 Å². The van der Waals surface area contributed by atoms with Crippen LogP contribution in [0.15, 0.2) is 0 Å². The van der Waals surface area contributed by atoms with Gasteiger partial charge in [-0.15, -0.1) is 0 Å². The molecule has 20 heavy (non-hydrogen) atoms. The molecule has 0 aromatic heterocycles. The topological polar surface area (TPSA) is 6.48 Å². The number of rotatable bonds is 3. The second kappa shape index (κ2) is 12.6. The van der Waals surface area contributed by atoms with Crippen LogP contribution in [0.2, 0.25) is 0 Å². The van der Waals surface area contributed by atoms with Gasteiger partial charge in [-0.1, -0.05) is 34.6 Å².